The van der Waals surface area contributed by atoms with Crippen LogP contribution in [-0.2, 0) is 5.54 Å². The number of hydrogen-bond acceptors (Lipinski definition) is 3. The van der Waals surface area contributed by atoms with E-state index in [9.17, 15) is 9.18 Å². The standard InChI is InChI=1S/C18H16FN3O/c1-12-9-16(21-11-13(12)10-20)17(23)22-18(7-4-8-18)14-5-2-3-6-15(14)19/h2-3,5-6,9,11H,4,7-8H2,1H3,(H,22,23). The fourth-order valence-corrected chi connectivity index (χ4v) is 2.92. The van der Waals surface area contributed by atoms with Crippen molar-refractivity contribution in [1.82, 2.24) is 10.3 Å². The van der Waals surface area contributed by atoms with E-state index in [-0.39, 0.29) is 17.4 Å². The Kier molecular flexibility index (Phi) is 3.83. The first-order valence-electron chi connectivity index (χ1n) is 7.50. The van der Waals surface area contributed by atoms with Gasteiger partial charge in [0.2, 0.25) is 0 Å². The van der Waals surface area contributed by atoms with Crippen LogP contribution in [0.4, 0.5) is 4.39 Å². The van der Waals surface area contributed by atoms with E-state index < -0.39 is 5.54 Å². The molecule has 0 saturated heterocycles. The Morgan fingerprint density at radius 1 is 1.39 bits per heavy atom. The highest BCUT2D eigenvalue weighted by molar-refractivity contribution is 5.93. The minimum atomic E-state index is -0.661. The summed E-state index contributed by atoms with van der Waals surface area (Å²) in [6.07, 6.45) is 3.74. The summed E-state index contributed by atoms with van der Waals surface area (Å²) < 4.78 is 14.1. The summed E-state index contributed by atoms with van der Waals surface area (Å²) >= 11 is 0. The number of aryl methyl sites for hydroxylation is 1. The Labute approximate surface area is 134 Å². The number of rotatable bonds is 3. The van der Waals surface area contributed by atoms with Gasteiger partial charge in [0.25, 0.3) is 5.91 Å². The molecule has 0 unspecified atom stereocenters. The van der Waals surface area contributed by atoms with Crippen molar-refractivity contribution < 1.29 is 9.18 Å². The second-order valence-corrected chi connectivity index (χ2v) is 5.87. The number of nitriles is 1. The molecule has 4 nitrogen and oxygen atoms in total. The summed E-state index contributed by atoms with van der Waals surface area (Å²) in [5.74, 6) is -0.656. The van der Waals surface area contributed by atoms with E-state index in [1.807, 2.05) is 6.07 Å². The third-order valence-electron chi connectivity index (χ3n) is 4.41. The summed E-state index contributed by atoms with van der Waals surface area (Å²) in [7, 11) is 0. The first kappa shape index (κ1) is 15.2. The minimum Gasteiger partial charge on any atom is -0.341 e. The van der Waals surface area contributed by atoms with Gasteiger partial charge in [0.1, 0.15) is 17.6 Å². The van der Waals surface area contributed by atoms with Crippen LogP contribution in [0.15, 0.2) is 36.5 Å². The van der Waals surface area contributed by atoms with Crippen molar-refractivity contribution in [3.8, 4) is 6.07 Å². The number of benzene rings is 1. The maximum Gasteiger partial charge on any atom is 0.270 e. The Hall–Kier alpha value is -2.74. The van der Waals surface area contributed by atoms with Crippen molar-refractivity contribution in [2.24, 2.45) is 0 Å². The van der Waals surface area contributed by atoms with Gasteiger partial charge in [0, 0.05) is 11.8 Å². The fraction of sp³-hybridized carbons (Fsp3) is 0.278. The molecule has 3 rings (SSSR count). The van der Waals surface area contributed by atoms with Crippen LogP contribution < -0.4 is 5.32 Å². The topological polar surface area (TPSA) is 65.8 Å². The molecule has 0 bridgehead atoms. The van der Waals surface area contributed by atoms with Gasteiger partial charge in [-0.2, -0.15) is 5.26 Å². The number of nitrogens with zero attached hydrogens (tertiary/aromatic N) is 2. The van der Waals surface area contributed by atoms with E-state index in [1.165, 1.54) is 12.3 Å². The van der Waals surface area contributed by atoms with E-state index in [4.69, 9.17) is 5.26 Å². The molecule has 23 heavy (non-hydrogen) atoms. The predicted molar refractivity (Wildman–Crippen MR) is 83.1 cm³/mol. The molecule has 5 heteroatoms. The van der Waals surface area contributed by atoms with Crippen molar-refractivity contribution in [2.75, 3.05) is 0 Å². The van der Waals surface area contributed by atoms with Crippen LogP contribution in [0.5, 0.6) is 0 Å². The molecule has 1 aromatic carbocycles. The number of aromatic nitrogens is 1. The number of carbonyl (C=O) groups excluding carboxylic acids is 1. The molecule has 1 fully saturated rings. The Morgan fingerprint density at radius 3 is 2.70 bits per heavy atom. The van der Waals surface area contributed by atoms with Gasteiger partial charge in [-0.3, -0.25) is 4.79 Å². The second kappa shape index (κ2) is 5.81. The van der Waals surface area contributed by atoms with Gasteiger partial charge in [0.05, 0.1) is 11.1 Å². The van der Waals surface area contributed by atoms with Crippen LogP contribution in [0.3, 0.4) is 0 Å². The highest BCUT2D eigenvalue weighted by atomic mass is 19.1. The lowest BCUT2D eigenvalue weighted by Gasteiger charge is -2.43. The molecule has 0 aliphatic heterocycles. The lowest BCUT2D eigenvalue weighted by atomic mass is 9.71. The molecule has 1 saturated carbocycles. The normalized spacial score (nSPS) is 15.3. The molecule has 1 N–H and O–H groups in total. The van der Waals surface area contributed by atoms with Gasteiger partial charge >= 0.3 is 0 Å². The first-order valence-corrected chi connectivity index (χ1v) is 7.50. The smallest absolute Gasteiger partial charge is 0.270 e. The Bertz CT molecular complexity index is 806. The van der Waals surface area contributed by atoms with Gasteiger partial charge in [0.15, 0.2) is 0 Å². The number of pyridine rings is 1. The summed E-state index contributed by atoms with van der Waals surface area (Å²) in [6.45, 7) is 1.76. The van der Waals surface area contributed by atoms with Gasteiger partial charge < -0.3 is 5.32 Å². The van der Waals surface area contributed by atoms with Crippen molar-refractivity contribution in [3.63, 3.8) is 0 Å². The Morgan fingerprint density at radius 2 is 2.13 bits per heavy atom. The molecule has 116 valence electrons. The number of halogens is 1. The van der Waals surface area contributed by atoms with Crippen LogP contribution in [0.25, 0.3) is 0 Å². The monoisotopic (exact) mass is 309 g/mol. The van der Waals surface area contributed by atoms with Crippen molar-refractivity contribution in [2.45, 2.75) is 31.7 Å². The summed E-state index contributed by atoms with van der Waals surface area (Å²) in [4.78, 5) is 16.6. The Balaban J connectivity index is 1.88. The van der Waals surface area contributed by atoms with Crippen LogP contribution in [0.2, 0.25) is 0 Å². The zero-order valence-electron chi connectivity index (χ0n) is 12.8. The molecular weight excluding hydrogens is 293 g/mol. The van der Waals surface area contributed by atoms with E-state index in [1.54, 1.807) is 31.2 Å². The first-order chi connectivity index (χ1) is 11.1. The molecular formula is C18H16FN3O. The van der Waals surface area contributed by atoms with E-state index >= 15 is 0 Å². The van der Waals surface area contributed by atoms with Crippen LogP contribution in [-0.4, -0.2) is 10.9 Å². The third kappa shape index (κ3) is 2.68. The third-order valence-corrected chi connectivity index (χ3v) is 4.41. The zero-order chi connectivity index (χ0) is 16.4. The van der Waals surface area contributed by atoms with E-state index in [2.05, 4.69) is 10.3 Å². The number of carbonyl (C=O) groups is 1. The highest BCUT2D eigenvalue weighted by Crippen LogP contribution is 2.42. The van der Waals surface area contributed by atoms with Crippen LogP contribution >= 0.6 is 0 Å². The molecule has 1 heterocycles. The number of nitrogens with one attached hydrogen (secondary N) is 1. The van der Waals surface area contributed by atoms with Gasteiger partial charge in [-0.05, 0) is 43.9 Å². The molecule has 2 aromatic rings. The van der Waals surface area contributed by atoms with Crippen molar-refractivity contribution in [3.05, 3.63) is 64.7 Å². The summed E-state index contributed by atoms with van der Waals surface area (Å²) in [5, 5.41) is 11.9. The van der Waals surface area contributed by atoms with E-state index in [0.717, 1.165) is 6.42 Å². The average molecular weight is 309 g/mol. The predicted octanol–water partition coefficient (Wildman–Crippen LogP) is 3.21. The lowest BCUT2D eigenvalue weighted by Crippen LogP contribution is -2.51. The number of amides is 1. The maximum absolute atomic E-state index is 14.1. The molecule has 1 amide bonds. The SMILES string of the molecule is Cc1cc(C(=O)NC2(c3ccccc3F)CCC2)ncc1C#N. The van der Waals surface area contributed by atoms with Gasteiger partial charge in [-0.25, -0.2) is 9.37 Å². The fourth-order valence-electron chi connectivity index (χ4n) is 2.92. The number of hydrogen-bond donors (Lipinski definition) is 1. The summed E-state index contributed by atoms with van der Waals surface area (Å²) in [6, 6.07) is 10.1. The van der Waals surface area contributed by atoms with Crippen LogP contribution in [0.1, 0.15) is 46.4 Å². The zero-order valence-corrected chi connectivity index (χ0v) is 12.8. The summed E-state index contributed by atoms with van der Waals surface area (Å²) in [5.41, 5.74) is 1.23. The molecule has 1 aromatic heterocycles. The molecule has 0 atom stereocenters. The van der Waals surface area contributed by atoms with E-state index in [0.29, 0.717) is 29.5 Å². The molecule has 1 aliphatic rings. The highest BCUT2D eigenvalue weighted by Gasteiger charge is 2.42. The second-order valence-electron chi connectivity index (χ2n) is 5.87. The molecule has 0 spiro atoms. The maximum atomic E-state index is 14.1. The largest absolute Gasteiger partial charge is 0.341 e. The van der Waals surface area contributed by atoms with Gasteiger partial charge in [-0.15, -0.1) is 0 Å². The average Bonchev–Trinajstić information content (AvgIpc) is 2.51. The quantitative estimate of drug-likeness (QED) is 0.946. The van der Waals surface area contributed by atoms with Gasteiger partial charge in [-0.1, -0.05) is 18.2 Å². The van der Waals surface area contributed by atoms with Crippen molar-refractivity contribution in [1.29, 1.82) is 5.26 Å². The molecule has 0 radical (unpaired) electrons. The lowest BCUT2D eigenvalue weighted by molar-refractivity contribution is 0.0812. The van der Waals surface area contributed by atoms with Crippen LogP contribution in [0, 0.1) is 24.1 Å². The minimum absolute atomic E-state index is 0.240. The molecule has 1 aliphatic carbocycles. The van der Waals surface area contributed by atoms with Crippen molar-refractivity contribution >= 4 is 5.91 Å².